The predicted octanol–water partition coefficient (Wildman–Crippen LogP) is 2.87. The van der Waals surface area contributed by atoms with Gasteiger partial charge in [0.05, 0.1) is 25.1 Å². The van der Waals surface area contributed by atoms with Crippen LogP contribution in [0.2, 0.25) is 0 Å². The van der Waals surface area contributed by atoms with Crippen molar-refractivity contribution >= 4 is 22.7 Å². The van der Waals surface area contributed by atoms with E-state index in [1.54, 1.807) is 14.2 Å². The van der Waals surface area contributed by atoms with Crippen molar-refractivity contribution in [2.24, 2.45) is 0 Å². The minimum absolute atomic E-state index is 0.160. The maximum Gasteiger partial charge on any atom is 0.222 e. The lowest BCUT2D eigenvalue weighted by molar-refractivity contribution is 0.343. The Hall–Kier alpha value is -3.06. The van der Waals surface area contributed by atoms with Gasteiger partial charge in [-0.15, -0.1) is 0 Å². The molecule has 4 rings (SSSR count). The fourth-order valence-corrected chi connectivity index (χ4v) is 4.34. The number of fused-ring (bicyclic) bond motifs is 1. The first kappa shape index (κ1) is 19.3. The van der Waals surface area contributed by atoms with Crippen molar-refractivity contribution in [2.75, 3.05) is 38.8 Å². The Bertz CT molecular complexity index is 1020. The molecule has 1 aromatic heterocycles. The van der Waals surface area contributed by atoms with Crippen LogP contribution in [0.15, 0.2) is 30.3 Å². The molecule has 1 aliphatic rings. The van der Waals surface area contributed by atoms with E-state index in [-0.39, 0.29) is 11.9 Å². The second-order valence-electron chi connectivity index (χ2n) is 7.34. The molecule has 152 valence electrons. The van der Waals surface area contributed by atoms with Crippen LogP contribution in [0.1, 0.15) is 35.4 Å². The summed E-state index contributed by atoms with van der Waals surface area (Å²) >= 11 is 0. The van der Waals surface area contributed by atoms with Gasteiger partial charge in [-0.2, -0.15) is 4.98 Å². The summed E-state index contributed by atoms with van der Waals surface area (Å²) in [5.41, 5.74) is 16.2. The molecule has 0 amide bonds. The number of nitrogens with one attached hydrogen (secondary N) is 1. The van der Waals surface area contributed by atoms with E-state index in [1.807, 2.05) is 18.2 Å². The van der Waals surface area contributed by atoms with Crippen LogP contribution >= 0.6 is 0 Å². The lowest BCUT2D eigenvalue weighted by Crippen LogP contribution is -2.27. The third-order valence-corrected chi connectivity index (χ3v) is 5.61. The smallest absolute Gasteiger partial charge is 0.222 e. The summed E-state index contributed by atoms with van der Waals surface area (Å²) in [6.07, 6.45) is 2.59. The highest BCUT2D eigenvalue weighted by molar-refractivity contribution is 5.98. The Morgan fingerprint density at radius 1 is 1.00 bits per heavy atom. The molecule has 7 nitrogen and oxygen atoms in total. The fourth-order valence-electron chi connectivity index (χ4n) is 4.34. The second kappa shape index (κ2) is 8.13. The molecule has 2 aromatic carbocycles. The Kier molecular flexibility index (Phi) is 5.40. The first-order valence-corrected chi connectivity index (χ1v) is 9.88. The van der Waals surface area contributed by atoms with E-state index in [0.29, 0.717) is 18.0 Å². The van der Waals surface area contributed by atoms with Crippen LogP contribution in [0.5, 0.6) is 11.5 Å². The standard InChI is InChI=1S/C22H27N5O2/c1-28-19-15(12-13-6-4-3-5-7-13)18-17(21(23)27-22(24)26-18)16(20(19)29-2)14-8-10-25-11-9-14/h3-7,14,25H,8-12H2,1-2H3,(H4,23,24,26,27). The minimum Gasteiger partial charge on any atom is -0.493 e. The van der Waals surface area contributed by atoms with E-state index in [2.05, 4.69) is 27.4 Å². The molecule has 1 saturated heterocycles. The van der Waals surface area contributed by atoms with Gasteiger partial charge in [0, 0.05) is 17.5 Å². The highest BCUT2D eigenvalue weighted by Gasteiger charge is 2.30. The van der Waals surface area contributed by atoms with Crippen molar-refractivity contribution in [1.82, 2.24) is 15.3 Å². The number of aromatic nitrogens is 2. The molecule has 7 heteroatoms. The van der Waals surface area contributed by atoms with Crippen molar-refractivity contribution in [1.29, 1.82) is 0 Å². The van der Waals surface area contributed by atoms with Crippen LogP contribution in [0, 0.1) is 0 Å². The van der Waals surface area contributed by atoms with Gasteiger partial charge in [-0.3, -0.25) is 0 Å². The lowest BCUT2D eigenvalue weighted by Gasteiger charge is -2.28. The molecule has 29 heavy (non-hydrogen) atoms. The summed E-state index contributed by atoms with van der Waals surface area (Å²) in [4.78, 5) is 8.88. The zero-order valence-corrected chi connectivity index (χ0v) is 16.9. The highest BCUT2D eigenvalue weighted by Crippen LogP contribution is 2.48. The number of benzene rings is 2. The first-order chi connectivity index (χ1) is 14.1. The van der Waals surface area contributed by atoms with Gasteiger partial charge in [-0.1, -0.05) is 30.3 Å². The van der Waals surface area contributed by atoms with E-state index in [4.69, 9.17) is 20.9 Å². The maximum atomic E-state index is 6.40. The van der Waals surface area contributed by atoms with Gasteiger partial charge in [-0.25, -0.2) is 4.98 Å². The van der Waals surface area contributed by atoms with Crippen molar-refractivity contribution in [2.45, 2.75) is 25.2 Å². The molecule has 5 N–H and O–H groups in total. The third-order valence-electron chi connectivity index (χ3n) is 5.61. The fraction of sp³-hybridized carbons (Fsp3) is 0.364. The van der Waals surface area contributed by atoms with E-state index in [1.165, 1.54) is 0 Å². The third kappa shape index (κ3) is 3.53. The van der Waals surface area contributed by atoms with Crippen LogP contribution in [0.3, 0.4) is 0 Å². The Morgan fingerprint density at radius 2 is 1.69 bits per heavy atom. The number of rotatable bonds is 5. The van der Waals surface area contributed by atoms with E-state index >= 15 is 0 Å². The average Bonchev–Trinajstić information content (AvgIpc) is 2.74. The van der Waals surface area contributed by atoms with Crippen molar-refractivity contribution in [3.05, 3.63) is 47.0 Å². The maximum absolute atomic E-state index is 6.40. The molecule has 0 bridgehead atoms. The largest absolute Gasteiger partial charge is 0.493 e. The van der Waals surface area contributed by atoms with Crippen LogP contribution in [0.4, 0.5) is 11.8 Å². The molecule has 0 unspecified atom stereocenters. The monoisotopic (exact) mass is 393 g/mol. The molecule has 1 fully saturated rings. The van der Waals surface area contributed by atoms with Gasteiger partial charge in [0.25, 0.3) is 0 Å². The van der Waals surface area contributed by atoms with Crippen LogP contribution in [0.25, 0.3) is 10.9 Å². The summed E-state index contributed by atoms with van der Waals surface area (Å²) in [5.74, 6) is 2.24. The summed E-state index contributed by atoms with van der Waals surface area (Å²) in [7, 11) is 3.34. The summed E-state index contributed by atoms with van der Waals surface area (Å²) < 4.78 is 11.8. The Labute approximate surface area is 170 Å². The molecule has 1 aliphatic heterocycles. The lowest BCUT2D eigenvalue weighted by atomic mass is 9.84. The second-order valence-corrected chi connectivity index (χ2v) is 7.34. The number of nitrogens with two attached hydrogens (primary N) is 2. The number of anilines is 2. The predicted molar refractivity (Wildman–Crippen MR) is 116 cm³/mol. The zero-order chi connectivity index (χ0) is 20.4. The van der Waals surface area contributed by atoms with Crippen LogP contribution in [-0.4, -0.2) is 37.3 Å². The molecule has 0 atom stereocenters. The average molecular weight is 393 g/mol. The number of ether oxygens (including phenoxy) is 2. The normalized spacial score (nSPS) is 14.8. The topological polar surface area (TPSA) is 108 Å². The van der Waals surface area contributed by atoms with Crippen molar-refractivity contribution < 1.29 is 9.47 Å². The van der Waals surface area contributed by atoms with Gasteiger partial charge in [0.2, 0.25) is 5.95 Å². The van der Waals surface area contributed by atoms with Gasteiger partial charge >= 0.3 is 0 Å². The SMILES string of the molecule is COc1c(OC)c(C2CCNCC2)c2c(N)nc(N)nc2c1Cc1ccccc1. The quantitative estimate of drug-likeness (QED) is 0.611. The zero-order valence-electron chi connectivity index (χ0n) is 16.9. The van der Waals surface area contributed by atoms with Gasteiger partial charge < -0.3 is 26.3 Å². The molecular formula is C22H27N5O2. The van der Waals surface area contributed by atoms with Gasteiger partial charge in [0.1, 0.15) is 5.82 Å². The number of methoxy groups -OCH3 is 2. The molecule has 0 spiro atoms. The number of nitrogens with zero attached hydrogens (tertiary/aromatic N) is 2. The van der Waals surface area contributed by atoms with Crippen molar-refractivity contribution in [3.8, 4) is 11.5 Å². The summed E-state index contributed by atoms with van der Waals surface area (Å²) in [6.45, 7) is 1.89. The van der Waals surface area contributed by atoms with E-state index in [9.17, 15) is 0 Å². The minimum atomic E-state index is 0.160. The number of hydrogen-bond donors (Lipinski definition) is 3. The highest BCUT2D eigenvalue weighted by atomic mass is 16.5. The number of piperidine rings is 1. The molecule has 0 aliphatic carbocycles. The van der Waals surface area contributed by atoms with E-state index < -0.39 is 0 Å². The van der Waals surface area contributed by atoms with Crippen molar-refractivity contribution in [3.63, 3.8) is 0 Å². The Balaban J connectivity index is 2.04. The van der Waals surface area contributed by atoms with E-state index in [0.717, 1.165) is 59.3 Å². The molecular weight excluding hydrogens is 366 g/mol. The number of nitrogen functional groups attached to an aromatic ring is 2. The van der Waals surface area contributed by atoms with Crippen LogP contribution < -0.4 is 26.3 Å². The summed E-state index contributed by atoms with van der Waals surface area (Å²) in [5, 5.41) is 4.24. The first-order valence-electron chi connectivity index (χ1n) is 9.88. The van der Waals surface area contributed by atoms with Crippen LogP contribution in [-0.2, 0) is 6.42 Å². The summed E-state index contributed by atoms with van der Waals surface area (Å²) in [6, 6.07) is 10.2. The molecule has 0 radical (unpaired) electrons. The van der Waals surface area contributed by atoms with Gasteiger partial charge in [0.15, 0.2) is 11.5 Å². The molecule has 0 saturated carbocycles. The number of hydrogen-bond acceptors (Lipinski definition) is 7. The molecule has 2 heterocycles. The molecule has 3 aromatic rings. The van der Waals surface area contributed by atoms with Gasteiger partial charge in [-0.05, 0) is 37.4 Å². The Morgan fingerprint density at radius 3 is 2.34 bits per heavy atom.